The van der Waals surface area contributed by atoms with Crippen LogP contribution in [0.3, 0.4) is 0 Å². The van der Waals surface area contributed by atoms with E-state index in [1.165, 1.54) is 0 Å². The van der Waals surface area contributed by atoms with Gasteiger partial charge in [-0.25, -0.2) is 0 Å². The summed E-state index contributed by atoms with van der Waals surface area (Å²) in [5.41, 5.74) is 1.82. The molecule has 1 aromatic heterocycles. The highest BCUT2D eigenvalue weighted by molar-refractivity contribution is 5.79. The average Bonchev–Trinajstić information content (AvgIpc) is 2.98. The van der Waals surface area contributed by atoms with Gasteiger partial charge in [-0.15, -0.1) is 0 Å². The summed E-state index contributed by atoms with van der Waals surface area (Å²) in [6.07, 6.45) is 0. The number of ether oxygens (including phenoxy) is 1. The molecule has 0 aliphatic carbocycles. The van der Waals surface area contributed by atoms with Crippen LogP contribution in [0.4, 0.5) is 0 Å². The third-order valence-corrected chi connectivity index (χ3v) is 3.70. The third-order valence-electron chi connectivity index (χ3n) is 3.70. The maximum absolute atomic E-state index is 12.0. The molecule has 0 fully saturated rings. The van der Waals surface area contributed by atoms with Crippen LogP contribution in [0.2, 0.25) is 0 Å². The molecule has 1 unspecified atom stereocenters. The zero-order valence-corrected chi connectivity index (χ0v) is 13.2. The molecule has 1 amide bonds. The smallest absolute Gasteiger partial charge is 0.258 e. The Morgan fingerprint density at radius 2 is 1.91 bits per heavy atom. The van der Waals surface area contributed by atoms with Gasteiger partial charge in [-0.05, 0) is 37.6 Å². The van der Waals surface area contributed by atoms with Gasteiger partial charge in [0.1, 0.15) is 17.1 Å². The number of benzene rings is 2. The Bertz CT molecular complexity index is 789. The second-order valence-corrected chi connectivity index (χ2v) is 5.53. The normalized spacial score (nSPS) is 12.1. The van der Waals surface area contributed by atoms with Gasteiger partial charge in [0, 0.05) is 5.39 Å². The molecule has 4 nitrogen and oxygen atoms in total. The SMILES string of the molecule is Cc1ccccc1OCC(=O)NC(C)c1cc2ccccc2o1. The number of nitrogens with one attached hydrogen (secondary N) is 1. The lowest BCUT2D eigenvalue weighted by Gasteiger charge is -2.13. The van der Waals surface area contributed by atoms with Crippen LogP contribution >= 0.6 is 0 Å². The summed E-state index contributed by atoms with van der Waals surface area (Å²) in [6.45, 7) is 3.82. The summed E-state index contributed by atoms with van der Waals surface area (Å²) in [5.74, 6) is 1.27. The van der Waals surface area contributed by atoms with Crippen LogP contribution in [0.15, 0.2) is 59.0 Å². The minimum atomic E-state index is -0.213. The second kappa shape index (κ2) is 6.57. The fraction of sp³-hybridized carbons (Fsp3) is 0.211. The molecular weight excluding hydrogens is 290 g/mol. The number of aryl methyl sites for hydroxylation is 1. The van der Waals surface area contributed by atoms with Gasteiger partial charge in [-0.1, -0.05) is 36.4 Å². The Kier molecular flexibility index (Phi) is 4.33. The Hall–Kier alpha value is -2.75. The van der Waals surface area contributed by atoms with E-state index in [9.17, 15) is 4.79 Å². The first-order valence-corrected chi connectivity index (χ1v) is 7.60. The molecule has 3 rings (SSSR count). The molecule has 0 aliphatic heterocycles. The molecule has 4 heteroatoms. The van der Waals surface area contributed by atoms with Crippen molar-refractivity contribution in [2.45, 2.75) is 19.9 Å². The van der Waals surface area contributed by atoms with Crippen LogP contribution < -0.4 is 10.1 Å². The van der Waals surface area contributed by atoms with Gasteiger partial charge in [0.25, 0.3) is 5.91 Å². The predicted octanol–water partition coefficient (Wildman–Crippen LogP) is 4.00. The zero-order valence-electron chi connectivity index (χ0n) is 13.2. The van der Waals surface area contributed by atoms with Crippen LogP contribution in [0, 0.1) is 6.92 Å². The molecule has 1 atom stereocenters. The van der Waals surface area contributed by atoms with Crippen molar-refractivity contribution < 1.29 is 13.9 Å². The molecule has 0 radical (unpaired) electrons. The number of carbonyl (C=O) groups excluding carboxylic acids is 1. The topological polar surface area (TPSA) is 51.5 Å². The third kappa shape index (κ3) is 3.54. The standard InChI is InChI=1S/C19H19NO3/c1-13-7-3-5-9-16(13)22-12-19(21)20-14(2)18-11-15-8-4-6-10-17(15)23-18/h3-11,14H,12H2,1-2H3,(H,20,21). The molecule has 0 aliphatic rings. The highest BCUT2D eigenvalue weighted by Gasteiger charge is 2.14. The van der Waals surface area contributed by atoms with Gasteiger partial charge in [0.05, 0.1) is 6.04 Å². The molecular formula is C19H19NO3. The lowest BCUT2D eigenvalue weighted by atomic mass is 10.2. The van der Waals surface area contributed by atoms with E-state index in [1.807, 2.05) is 68.4 Å². The Labute approximate surface area is 135 Å². The van der Waals surface area contributed by atoms with Crippen molar-refractivity contribution >= 4 is 16.9 Å². The maximum atomic E-state index is 12.0. The summed E-state index contributed by atoms with van der Waals surface area (Å²) >= 11 is 0. The van der Waals surface area contributed by atoms with E-state index in [4.69, 9.17) is 9.15 Å². The molecule has 0 bridgehead atoms. The monoisotopic (exact) mass is 309 g/mol. The Morgan fingerprint density at radius 1 is 1.17 bits per heavy atom. The van der Waals surface area contributed by atoms with Gasteiger partial charge in [0.2, 0.25) is 0 Å². The molecule has 118 valence electrons. The first-order chi connectivity index (χ1) is 11.1. The number of para-hydroxylation sites is 2. The largest absolute Gasteiger partial charge is 0.484 e. The summed E-state index contributed by atoms with van der Waals surface area (Å²) in [7, 11) is 0. The quantitative estimate of drug-likeness (QED) is 0.775. The minimum absolute atomic E-state index is 0.0184. The van der Waals surface area contributed by atoms with Gasteiger partial charge in [-0.3, -0.25) is 4.79 Å². The van der Waals surface area contributed by atoms with E-state index in [-0.39, 0.29) is 18.6 Å². The van der Waals surface area contributed by atoms with Gasteiger partial charge in [0.15, 0.2) is 6.61 Å². The molecule has 23 heavy (non-hydrogen) atoms. The van der Waals surface area contributed by atoms with Crippen molar-refractivity contribution in [3.05, 3.63) is 65.9 Å². The first kappa shape index (κ1) is 15.2. The van der Waals surface area contributed by atoms with E-state index >= 15 is 0 Å². The number of furan rings is 1. The highest BCUT2D eigenvalue weighted by atomic mass is 16.5. The van der Waals surface area contributed by atoms with Crippen molar-refractivity contribution in [3.63, 3.8) is 0 Å². The highest BCUT2D eigenvalue weighted by Crippen LogP contribution is 2.23. The molecule has 1 heterocycles. The van der Waals surface area contributed by atoms with E-state index in [2.05, 4.69) is 5.32 Å². The average molecular weight is 309 g/mol. The van der Waals surface area contributed by atoms with Crippen molar-refractivity contribution in [1.82, 2.24) is 5.32 Å². The van der Waals surface area contributed by atoms with Crippen molar-refractivity contribution in [1.29, 1.82) is 0 Å². The fourth-order valence-corrected chi connectivity index (χ4v) is 2.43. The fourth-order valence-electron chi connectivity index (χ4n) is 2.43. The summed E-state index contributed by atoms with van der Waals surface area (Å²) in [6, 6.07) is 17.1. The number of hydrogen-bond donors (Lipinski definition) is 1. The van der Waals surface area contributed by atoms with Gasteiger partial charge in [-0.2, -0.15) is 0 Å². The minimum Gasteiger partial charge on any atom is -0.484 e. The van der Waals surface area contributed by atoms with E-state index in [1.54, 1.807) is 0 Å². The van der Waals surface area contributed by atoms with E-state index < -0.39 is 0 Å². The molecule has 1 N–H and O–H groups in total. The summed E-state index contributed by atoms with van der Waals surface area (Å²) < 4.78 is 11.3. The van der Waals surface area contributed by atoms with E-state index in [0.717, 1.165) is 28.0 Å². The predicted molar refractivity (Wildman–Crippen MR) is 89.4 cm³/mol. The number of amides is 1. The molecule has 2 aromatic carbocycles. The lowest BCUT2D eigenvalue weighted by Crippen LogP contribution is -2.31. The van der Waals surface area contributed by atoms with Crippen LogP contribution in [-0.4, -0.2) is 12.5 Å². The first-order valence-electron chi connectivity index (χ1n) is 7.60. The number of hydrogen-bond acceptors (Lipinski definition) is 3. The van der Waals surface area contributed by atoms with Crippen LogP contribution in [0.25, 0.3) is 11.0 Å². The van der Waals surface area contributed by atoms with Crippen molar-refractivity contribution in [2.24, 2.45) is 0 Å². The number of carbonyl (C=O) groups is 1. The van der Waals surface area contributed by atoms with Crippen LogP contribution in [-0.2, 0) is 4.79 Å². The van der Waals surface area contributed by atoms with Crippen molar-refractivity contribution in [2.75, 3.05) is 6.61 Å². The summed E-state index contributed by atoms with van der Waals surface area (Å²) in [5, 5.41) is 3.92. The van der Waals surface area contributed by atoms with Crippen LogP contribution in [0.5, 0.6) is 5.75 Å². The molecule has 0 saturated heterocycles. The Morgan fingerprint density at radius 3 is 2.70 bits per heavy atom. The maximum Gasteiger partial charge on any atom is 0.258 e. The number of fused-ring (bicyclic) bond motifs is 1. The van der Waals surface area contributed by atoms with Crippen molar-refractivity contribution in [3.8, 4) is 5.75 Å². The van der Waals surface area contributed by atoms with Crippen LogP contribution in [0.1, 0.15) is 24.3 Å². The van der Waals surface area contributed by atoms with Gasteiger partial charge < -0.3 is 14.5 Å². The second-order valence-electron chi connectivity index (χ2n) is 5.53. The molecule has 0 spiro atoms. The Balaban J connectivity index is 1.60. The zero-order chi connectivity index (χ0) is 16.2. The molecule has 3 aromatic rings. The molecule has 0 saturated carbocycles. The van der Waals surface area contributed by atoms with Gasteiger partial charge >= 0.3 is 0 Å². The summed E-state index contributed by atoms with van der Waals surface area (Å²) in [4.78, 5) is 12.0. The number of rotatable bonds is 5. The lowest BCUT2D eigenvalue weighted by molar-refractivity contribution is -0.123. The van der Waals surface area contributed by atoms with E-state index in [0.29, 0.717) is 0 Å².